The van der Waals surface area contributed by atoms with Gasteiger partial charge in [-0.3, -0.25) is 9.73 Å². The van der Waals surface area contributed by atoms with Crippen molar-refractivity contribution in [1.82, 2.24) is 9.73 Å². The normalized spacial score (nSPS) is 18.3. The molecule has 0 radical (unpaired) electrons. The molecule has 268 valence electrons. The van der Waals surface area contributed by atoms with Gasteiger partial charge in [0.1, 0.15) is 5.84 Å². The summed E-state index contributed by atoms with van der Waals surface area (Å²) in [6, 6.07) is 0. The van der Waals surface area contributed by atoms with Crippen LogP contribution in [0.1, 0.15) is 219 Å². The third-order valence-corrected chi connectivity index (χ3v) is 12.7. The van der Waals surface area contributed by atoms with Crippen LogP contribution in [0, 0.1) is 0 Å². The monoisotopic (exact) mass is 676 g/mol. The van der Waals surface area contributed by atoms with Gasteiger partial charge in [-0.25, -0.2) is 0 Å². The summed E-state index contributed by atoms with van der Waals surface area (Å²) in [5.74, 6) is 1.20. The summed E-state index contributed by atoms with van der Waals surface area (Å²) in [6.07, 6.45) is 50.4. The number of hydrogen-bond acceptors (Lipinski definition) is 4. The van der Waals surface area contributed by atoms with Crippen LogP contribution in [0.5, 0.6) is 0 Å². The maximum atomic E-state index is 5.27. The van der Waals surface area contributed by atoms with E-state index < -0.39 is 11.1 Å². The third-order valence-electron chi connectivity index (χ3n) is 10.1. The minimum Gasteiger partial charge on any atom is -0.289 e. The van der Waals surface area contributed by atoms with Gasteiger partial charge in [0.05, 0.1) is 0 Å². The quantitative estimate of drug-likeness (QED) is 0.0404. The van der Waals surface area contributed by atoms with E-state index in [2.05, 4.69) is 46.2 Å². The van der Waals surface area contributed by atoms with E-state index in [9.17, 15) is 0 Å². The number of amidine groups is 1. The molecule has 2 unspecified atom stereocenters. The van der Waals surface area contributed by atoms with Crippen LogP contribution in [0.4, 0.5) is 0 Å². The Morgan fingerprint density at radius 3 is 1.26 bits per heavy atom. The van der Waals surface area contributed by atoms with Crippen molar-refractivity contribution in [3.8, 4) is 0 Å². The summed E-state index contributed by atoms with van der Waals surface area (Å²) in [4.78, 5) is 1.43. The lowest BCUT2D eigenvalue weighted by atomic mass is 10.0. The highest BCUT2D eigenvalue weighted by Crippen LogP contribution is 2.46. The van der Waals surface area contributed by atoms with Crippen LogP contribution in [0.15, 0.2) is 27.6 Å². The van der Waals surface area contributed by atoms with Gasteiger partial charge in [-0.1, -0.05) is 224 Å². The summed E-state index contributed by atoms with van der Waals surface area (Å²) < 4.78 is 2.43. The van der Waals surface area contributed by atoms with Gasteiger partial charge < -0.3 is 0 Å². The topological polar surface area (TPSA) is 27.6 Å². The molecular weight excluding hydrogens is 599 g/mol. The lowest BCUT2D eigenvalue weighted by molar-refractivity contribution is 0.512. The van der Waals surface area contributed by atoms with Crippen molar-refractivity contribution in [2.75, 3.05) is 0 Å². The van der Waals surface area contributed by atoms with Gasteiger partial charge in [0.2, 0.25) is 0 Å². The van der Waals surface area contributed by atoms with E-state index in [0.717, 1.165) is 6.42 Å². The molecule has 0 spiro atoms. The first-order valence-corrected chi connectivity index (χ1v) is 22.3. The minimum absolute atomic E-state index is 0.0700. The van der Waals surface area contributed by atoms with Gasteiger partial charge in [0.15, 0.2) is 6.17 Å². The predicted octanol–water partition coefficient (Wildman–Crippen LogP) is 14.4. The Morgan fingerprint density at radius 2 is 0.957 bits per heavy atom. The summed E-state index contributed by atoms with van der Waals surface area (Å²) in [5.41, 5.74) is 3.24. The molecule has 0 aromatic rings. The Bertz CT molecular complexity index is 808. The molecular formula is C41H77N3S2. The molecule has 0 saturated carbocycles. The number of rotatable bonds is 34. The first kappa shape index (κ1) is 41.4. The van der Waals surface area contributed by atoms with Crippen molar-refractivity contribution in [2.24, 2.45) is 5.10 Å². The van der Waals surface area contributed by atoms with E-state index in [1.54, 1.807) is 0 Å². The average molecular weight is 676 g/mol. The number of thiol groups is 1. The van der Waals surface area contributed by atoms with Crippen LogP contribution < -0.4 is 5.43 Å². The first-order valence-electron chi connectivity index (χ1n) is 20.5. The van der Waals surface area contributed by atoms with Gasteiger partial charge in [-0.2, -0.15) is 5.10 Å². The lowest BCUT2D eigenvalue weighted by Gasteiger charge is -2.33. The van der Waals surface area contributed by atoms with Gasteiger partial charge in [-0.15, -0.1) is 11.1 Å². The van der Waals surface area contributed by atoms with Crippen molar-refractivity contribution < 1.29 is 0 Å². The molecule has 0 amide bonds. The van der Waals surface area contributed by atoms with E-state index in [1.165, 1.54) is 210 Å². The molecule has 1 N–H and O–H groups in total. The molecule has 0 saturated heterocycles. The molecule has 2 rings (SSSR count). The zero-order valence-corrected chi connectivity index (χ0v) is 32.5. The van der Waals surface area contributed by atoms with Crippen LogP contribution in [0.2, 0.25) is 0 Å². The van der Waals surface area contributed by atoms with E-state index in [-0.39, 0.29) is 6.17 Å². The SMILES string of the molecule is CCCCCCCCCCCCCCCCCCCCCCCCCCCCCCCCCC1=NNC(C=S)N1[SH]1C=CC=C1C. The second-order valence-electron chi connectivity index (χ2n) is 14.4. The predicted molar refractivity (Wildman–Crippen MR) is 215 cm³/mol. The highest BCUT2D eigenvalue weighted by atomic mass is 32.2. The number of hydrogen-bond donors (Lipinski definition) is 2. The zero-order valence-electron chi connectivity index (χ0n) is 30.8. The van der Waals surface area contributed by atoms with Crippen molar-refractivity contribution in [2.45, 2.75) is 225 Å². The Hall–Kier alpha value is -0.810. The Labute approximate surface area is 296 Å². The van der Waals surface area contributed by atoms with Crippen LogP contribution in [-0.2, 0) is 0 Å². The second kappa shape index (κ2) is 30.3. The molecule has 2 heterocycles. The summed E-state index contributed by atoms with van der Waals surface area (Å²) in [7, 11) is 0. The zero-order chi connectivity index (χ0) is 32.8. The number of nitrogens with one attached hydrogen (secondary N) is 1. The summed E-state index contributed by atoms with van der Waals surface area (Å²) in [5, 5.41) is 8.78. The standard InChI is InChI=1S/C41H77N3S2/c1-3-4-5-6-7-8-9-10-11-12-13-14-15-16-17-18-19-20-21-22-23-24-25-26-27-28-29-30-31-32-33-36-40-42-43-41(38-45)44(40)46-37-34-35-39(46)2/h34-35,37-38,41,43,46H,3-33,36H2,1-2H3. The highest BCUT2D eigenvalue weighted by Gasteiger charge is 2.30. The van der Waals surface area contributed by atoms with Gasteiger partial charge in [-0.05, 0) is 23.7 Å². The molecule has 0 aliphatic carbocycles. The van der Waals surface area contributed by atoms with Gasteiger partial charge >= 0.3 is 0 Å². The van der Waals surface area contributed by atoms with E-state index >= 15 is 0 Å². The maximum Gasteiger partial charge on any atom is 0.154 e. The molecule has 0 bridgehead atoms. The number of nitrogens with zero attached hydrogens (tertiary/aromatic N) is 2. The minimum atomic E-state index is -0.421. The molecule has 46 heavy (non-hydrogen) atoms. The van der Waals surface area contributed by atoms with Gasteiger partial charge in [0, 0.05) is 11.8 Å². The largest absolute Gasteiger partial charge is 0.289 e. The Kier molecular flexibility index (Phi) is 27.2. The van der Waals surface area contributed by atoms with Gasteiger partial charge in [0.25, 0.3) is 0 Å². The van der Waals surface area contributed by atoms with E-state index in [1.807, 2.05) is 5.37 Å². The lowest BCUT2D eigenvalue weighted by Crippen LogP contribution is -2.38. The van der Waals surface area contributed by atoms with Crippen LogP contribution >= 0.6 is 23.3 Å². The fourth-order valence-corrected chi connectivity index (χ4v) is 9.37. The Balaban J connectivity index is 1.22. The van der Waals surface area contributed by atoms with E-state index in [0.29, 0.717) is 0 Å². The molecule has 2 aliphatic rings. The molecule has 0 fully saturated rings. The smallest absolute Gasteiger partial charge is 0.154 e. The number of hydrazone groups is 1. The Morgan fingerprint density at radius 1 is 0.609 bits per heavy atom. The molecule has 0 aromatic heterocycles. The van der Waals surface area contributed by atoms with Crippen LogP contribution in [0.3, 0.4) is 0 Å². The molecule has 5 heteroatoms. The average Bonchev–Trinajstić information content (AvgIpc) is 3.68. The van der Waals surface area contributed by atoms with Crippen molar-refractivity contribution in [3.05, 3.63) is 22.5 Å². The third kappa shape index (κ3) is 20.5. The fraction of sp³-hybridized carbons (Fsp3) is 0.854. The van der Waals surface area contributed by atoms with Crippen molar-refractivity contribution in [3.63, 3.8) is 0 Å². The summed E-state index contributed by atoms with van der Waals surface area (Å²) >= 11 is 4.85. The number of allylic oxidation sites excluding steroid dienone is 3. The number of thiocarbonyl (C=S) groups is 1. The van der Waals surface area contributed by atoms with E-state index in [4.69, 9.17) is 12.2 Å². The van der Waals surface area contributed by atoms with Crippen molar-refractivity contribution in [1.29, 1.82) is 0 Å². The van der Waals surface area contributed by atoms with Crippen LogP contribution in [-0.4, -0.2) is 21.7 Å². The summed E-state index contributed by atoms with van der Waals surface area (Å²) in [6.45, 7) is 4.53. The molecule has 2 atom stereocenters. The molecule has 3 nitrogen and oxygen atoms in total. The molecule has 0 aromatic carbocycles. The molecule has 2 aliphatic heterocycles. The number of unbranched alkanes of at least 4 members (excludes halogenated alkanes) is 30. The van der Waals surface area contributed by atoms with Crippen LogP contribution in [0.25, 0.3) is 0 Å². The highest BCUT2D eigenvalue weighted by molar-refractivity contribution is 8.21. The van der Waals surface area contributed by atoms with Crippen molar-refractivity contribution >= 4 is 34.5 Å². The maximum absolute atomic E-state index is 5.27. The fourth-order valence-electron chi connectivity index (χ4n) is 7.11. The second-order valence-corrected chi connectivity index (χ2v) is 16.8. The first-order chi connectivity index (χ1) is 22.8.